The normalized spacial score (nSPS) is 26.2. The maximum Gasteiger partial charge on any atom is 0.469 e. The molecule has 0 bridgehead atoms. The summed E-state index contributed by atoms with van der Waals surface area (Å²) in [5, 5.41) is 9.81. The molecule has 0 spiro atoms. The molecule has 2 rings (SSSR count). The van der Waals surface area contributed by atoms with Gasteiger partial charge in [0.25, 0.3) is 0 Å². The minimum atomic E-state index is -4.65. The lowest BCUT2D eigenvalue weighted by atomic mass is 10.2. The first-order valence-electron chi connectivity index (χ1n) is 5.75. The maximum absolute atomic E-state index is 11.8. The highest BCUT2D eigenvalue weighted by Gasteiger charge is 2.37. The molecule has 1 saturated heterocycles. The fraction of sp³-hybridized carbons (Fsp3) is 0.556. The lowest BCUT2D eigenvalue weighted by Gasteiger charge is -2.16. The van der Waals surface area contributed by atoms with Crippen molar-refractivity contribution in [2.45, 2.75) is 24.9 Å². The lowest BCUT2D eigenvalue weighted by molar-refractivity contribution is -0.0451. The van der Waals surface area contributed by atoms with Crippen molar-refractivity contribution in [2.75, 3.05) is 12.3 Å². The molecule has 10 nitrogen and oxygen atoms in total. The zero-order chi connectivity index (χ0) is 15.8. The molecule has 5 N–H and O–H groups in total. The van der Waals surface area contributed by atoms with E-state index in [2.05, 4.69) is 9.51 Å². The van der Waals surface area contributed by atoms with Gasteiger partial charge in [0.1, 0.15) is 18.1 Å². The van der Waals surface area contributed by atoms with Crippen molar-refractivity contribution in [1.82, 2.24) is 9.55 Å². The molecule has 0 aromatic carbocycles. The third kappa shape index (κ3) is 4.22. The summed E-state index contributed by atoms with van der Waals surface area (Å²) in [6.45, 7) is -0.490. The topological polar surface area (TPSA) is 157 Å². The Morgan fingerprint density at radius 2 is 2.29 bits per heavy atom. The second-order valence-corrected chi connectivity index (χ2v) is 6.78. The van der Waals surface area contributed by atoms with Gasteiger partial charge in [-0.25, -0.2) is 9.36 Å². The number of nitrogens with two attached hydrogens (primary N) is 1. The third-order valence-electron chi connectivity index (χ3n) is 2.86. The monoisotopic (exact) mass is 433 g/mol. The molecule has 118 valence electrons. The van der Waals surface area contributed by atoms with Gasteiger partial charge in [-0.05, 0) is 22.6 Å². The summed E-state index contributed by atoms with van der Waals surface area (Å²) in [4.78, 5) is 32.6. The molecule has 0 amide bonds. The van der Waals surface area contributed by atoms with Crippen LogP contribution in [0.2, 0.25) is 0 Å². The van der Waals surface area contributed by atoms with Crippen molar-refractivity contribution < 1.29 is 28.7 Å². The first-order valence-corrected chi connectivity index (χ1v) is 8.36. The summed E-state index contributed by atoms with van der Waals surface area (Å²) >= 11 is 1.90. The molecule has 2 heterocycles. The van der Waals surface area contributed by atoms with Crippen molar-refractivity contribution in [2.24, 2.45) is 0 Å². The smallest absolute Gasteiger partial charge is 0.390 e. The quantitative estimate of drug-likeness (QED) is 0.352. The van der Waals surface area contributed by atoms with Crippen LogP contribution in [0.5, 0.6) is 0 Å². The molecule has 3 unspecified atom stereocenters. The molecular weight excluding hydrogens is 420 g/mol. The number of nitrogens with zero attached hydrogens (tertiary/aromatic N) is 2. The Morgan fingerprint density at radius 1 is 1.62 bits per heavy atom. The van der Waals surface area contributed by atoms with Crippen molar-refractivity contribution in [3.8, 4) is 0 Å². The number of aliphatic hydroxyl groups is 1. The van der Waals surface area contributed by atoms with Gasteiger partial charge >= 0.3 is 13.5 Å². The fourth-order valence-electron chi connectivity index (χ4n) is 1.87. The maximum atomic E-state index is 11.8. The Kier molecular flexibility index (Phi) is 5.03. The predicted molar refractivity (Wildman–Crippen MR) is 78.2 cm³/mol. The van der Waals surface area contributed by atoms with Crippen LogP contribution in [0.25, 0.3) is 0 Å². The molecule has 1 aliphatic heterocycles. The number of hydrogen-bond acceptors (Lipinski definition) is 7. The first-order chi connectivity index (χ1) is 9.67. The molecule has 0 saturated carbocycles. The van der Waals surface area contributed by atoms with E-state index in [0.717, 1.165) is 0 Å². The van der Waals surface area contributed by atoms with E-state index in [1.807, 2.05) is 22.6 Å². The van der Waals surface area contributed by atoms with Crippen molar-refractivity contribution in [1.29, 1.82) is 0 Å². The van der Waals surface area contributed by atoms with E-state index in [0.29, 0.717) is 3.57 Å². The number of aliphatic hydroxyl groups excluding tert-OH is 1. The number of hydrogen-bond donors (Lipinski definition) is 4. The second kappa shape index (κ2) is 6.28. The number of anilines is 1. The van der Waals surface area contributed by atoms with Crippen molar-refractivity contribution in [3.05, 3.63) is 20.3 Å². The van der Waals surface area contributed by atoms with Gasteiger partial charge in [0.2, 0.25) is 0 Å². The fourth-order valence-corrected chi connectivity index (χ4v) is 2.63. The van der Waals surface area contributed by atoms with Gasteiger partial charge in [0.05, 0.1) is 16.3 Å². The zero-order valence-electron chi connectivity index (χ0n) is 10.5. The minimum absolute atomic E-state index is 0.0662. The van der Waals surface area contributed by atoms with Crippen LogP contribution in [-0.2, 0) is 13.8 Å². The predicted octanol–water partition coefficient (Wildman–Crippen LogP) is -0.812. The number of phosphoric acid groups is 1. The number of aromatic nitrogens is 2. The van der Waals surface area contributed by atoms with Crippen molar-refractivity contribution in [3.63, 3.8) is 0 Å². The van der Waals surface area contributed by atoms with E-state index in [9.17, 15) is 14.5 Å². The summed E-state index contributed by atoms with van der Waals surface area (Å²) in [5.41, 5.74) is 4.87. The molecule has 1 fully saturated rings. The molecule has 21 heavy (non-hydrogen) atoms. The SMILES string of the molecule is Nc1nc(=O)n(C2CC(O)C(COP(=O)(O)O)O2)cc1I. The molecule has 0 aliphatic carbocycles. The number of rotatable bonds is 4. The number of nitrogen functional groups attached to an aromatic ring is 1. The summed E-state index contributed by atoms with van der Waals surface area (Å²) < 4.78 is 22.0. The zero-order valence-corrected chi connectivity index (χ0v) is 13.5. The molecule has 3 atom stereocenters. The van der Waals surface area contributed by atoms with Gasteiger partial charge in [-0.2, -0.15) is 4.98 Å². The van der Waals surface area contributed by atoms with E-state index >= 15 is 0 Å². The summed E-state index contributed by atoms with van der Waals surface area (Å²) in [6, 6.07) is 0. The van der Waals surface area contributed by atoms with Crippen LogP contribution in [0.4, 0.5) is 5.82 Å². The van der Waals surface area contributed by atoms with Gasteiger partial charge in [-0.1, -0.05) is 0 Å². The average Bonchev–Trinajstić information content (AvgIpc) is 2.72. The Hall–Kier alpha value is -0.560. The van der Waals surface area contributed by atoms with Gasteiger partial charge in [-0.3, -0.25) is 9.09 Å². The van der Waals surface area contributed by atoms with Crippen LogP contribution < -0.4 is 11.4 Å². The number of ether oxygens (including phenoxy) is 1. The largest absolute Gasteiger partial charge is 0.469 e. The lowest BCUT2D eigenvalue weighted by Crippen LogP contribution is -2.29. The Bertz CT molecular complexity index is 632. The van der Waals surface area contributed by atoms with E-state index in [1.165, 1.54) is 10.8 Å². The van der Waals surface area contributed by atoms with Gasteiger partial charge in [0.15, 0.2) is 0 Å². The first kappa shape index (κ1) is 16.8. The highest BCUT2D eigenvalue weighted by molar-refractivity contribution is 14.1. The van der Waals surface area contributed by atoms with Crippen LogP contribution in [0.1, 0.15) is 12.6 Å². The Labute approximate surface area is 132 Å². The number of phosphoric ester groups is 1. The van der Waals surface area contributed by atoms with Crippen LogP contribution in [-0.4, -0.2) is 43.3 Å². The molecule has 1 aromatic rings. The van der Waals surface area contributed by atoms with Gasteiger partial charge in [-0.15, -0.1) is 0 Å². The Morgan fingerprint density at radius 3 is 2.90 bits per heavy atom. The van der Waals surface area contributed by atoms with Crippen LogP contribution >= 0.6 is 30.4 Å². The Balaban J connectivity index is 2.12. The van der Waals surface area contributed by atoms with Crippen LogP contribution in [0, 0.1) is 3.57 Å². The molecule has 1 aromatic heterocycles. The highest BCUT2D eigenvalue weighted by atomic mass is 127. The van der Waals surface area contributed by atoms with E-state index in [4.69, 9.17) is 20.3 Å². The summed E-state index contributed by atoms with van der Waals surface area (Å²) in [7, 11) is -4.65. The van der Waals surface area contributed by atoms with E-state index < -0.39 is 38.6 Å². The molecule has 0 radical (unpaired) electrons. The van der Waals surface area contributed by atoms with Crippen LogP contribution in [0.3, 0.4) is 0 Å². The minimum Gasteiger partial charge on any atom is -0.390 e. The van der Waals surface area contributed by atoms with Crippen molar-refractivity contribution >= 4 is 36.2 Å². The summed E-state index contributed by atoms with van der Waals surface area (Å²) in [5.74, 6) is 0.0942. The van der Waals surface area contributed by atoms with E-state index in [1.54, 1.807) is 0 Å². The van der Waals surface area contributed by atoms with Crippen LogP contribution in [0.15, 0.2) is 11.0 Å². The summed E-state index contributed by atoms with van der Waals surface area (Å²) in [6.07, 6.45) is -1.28. The standard InChI is InChI=1S/C9H13IN3O7P/c10-4-2-13(9(15)12-8(4)11)7-1-5(14)6(20-7)3-19-21(16,17)18/h2,5-7,14H,1,3H2,(H2,11,12,15)(H2,16,17,18). The second-order valence-electron chi connectivity index (χ2n) is 4.38. The van der Waals surface area contributed by atoms with Gasteiger partial charge < -0.3 is 25.4 Å². The average molecular weight is 433 g/mol. The molecule has 1 aliphatic rings. The number of halogens is 1. The van der Waals surface area contributed by atoms with Gasteiger partial charge in [0, 0.05) is 12.6 Å². The molecule has 12 heteroatoms. The highest BCUT2D eigenvalue weighted by Crippen LogP contribution is 2.38. The van der Waals surface area contributed by atoms with E-state index in [-0.39, 0.29) is 12.2 Å². The molecular formula is C9H13IN3O7P. The third-order valence-corrected chi connectivity index (χ3v) is 4.17.